The molecule has 1 aliphatic heterocycles. The molecule has 2 atom stereocenters. The van der Waals surface area contributed by atoms with Crippen LogP contribution in [0.2, 0.25) is 0 Å². The maximum absolute atomic E-state index is 5.71. The van der Waals surface area contributed by atoms with Crippen LogP contribution in [0.15, 0.2) is 0 Å². The van der Waals surface area contributed by atoms with Gasteiger partial charge in [-0.3, -0.25) is 4.90 Å². The summed E-state index contributed by atoms with van der Waals surface area (Å²) in [6.07, 6.45) is 3.87. The summed E-state index contributed by atoms with van der Waals surface area (Å²) in [5.41, 5.74) is 5.71. The van der Waals surface area contributed by atoms with Crippen molar-refractivity contribution in [3.8, 4) is 0 Å². The number of rotatable bonds is 2. The molecule has 2 aliphatic rings. The molecule has 76 valence electrons. The minimum atomic E-state index is 0.762. The summed E-state index contributed by atoms with van der Waals surface area (Å²) >= 11 is 0. The van der Waals surface area contributed by atoms with E-state index in [-0.39, 0.29) is 0 Å². The lowest BCUT2D eigenvalue weighted by Crippen LogP contribution is -2.50. The Hall–Kier alpha value is -0.120. The van der Waals surface area contributed by atoms with Gasteiger partial charge in [-0.05, 0) is 31.7 Å². The molecule has 0 aromatic rings. The van der Waals surface area contributed by atoms with Crippen molar-refractivity contribution in [2.45, 2.75) is 25.3 Å². The first-order valence-corrected chi connectivity index (χ1v) is 5.43. The Bertz CT molecular complexity index is 153. The predicted octanol–water partition coefficient (Wildman–Crippen LogP) is 0.446. The fourth-order valence-electron chi connectivity index (χ4n) is 2.40. The van der Waals surface area contributed by atoms with E-state index < -0.39 is 0 Å². The second kappa shape index (κ2) is 4.40. The normalized spacial score (nSPS) is 36.7. The summed E-state index contributed by atoms with van der Waals surface area (Å²) in [5, 5.41) is 0. The zero-order valence-corrected chi connectivity index (χ0v) is 8.24. The van der Waals surface area contributed by atoms with Crippen molar-refractivity contribution in [2.75, 3.05) is 32.8 Å². The standard InChI is InChI=1S/C10H20N2O/c11-8-9-2-3-10(9)12-4-1-6-13-7-5-12/h9-10H,1-8,11H2. The van der Waals surface area contributed by atoms with Crippen LogP contribution in [0.25, 0.3) is 0 Å². The molecular weight excluding hydrogens is 164 g/mol. The molecule has 0 bridgehead atoms. The molecule has 0 radical (unpaired) electrons. The fraction of sp³-hybridized carbons (Fsp3) is 1.00. The molecule has 2 N–H and O–H groups in total. The zero-order chi connectivity index (χ0) is 9.10. The molecule has 13 heavy (non-hydrogen) atoms. The highest BCUT2D eigenvalue weighted by molar-refractivity contribution is 4.89. The number of hydrogen-bond acceptors (Lipinski definition) is 3. The minimum absolute atomic E-state index is 0.762. The maximum atomic E-state index is 5.71. The Morgan fingerprint density at radius 2 is 2.15 bits per heavy atom. The second-order valence-electron chi connectivity index (χ2n) is 4.14. The summed E-state index contributed by atoms with van der Waals surface area (Å²) < 4.78 is 5.44. The Kier molecular flexibility index (Phi) is 3.19. The molecular formula is C10H20N2O. The van der Waals surface area contributed by atoms with E-state index in [9.17, 15) is 0 Å². The molecule has 1 aliphatic carbocycles. The Balaban J connectivity index is 1.84. The van der Waals surface area contributed by atoms with Crippen LogP contribution in [-0.4, -0.2) is 43.8 Å². The van der Waals surface area contributed by atoms with Crippen molar-refractivity contribution in [2.24, 2.45) is 11.7 Å². The molecule has 0 spiro atoms. The van der Waals surface area contributed by atoms with Gasteiger partial charge in [0.15, 0.2) is 0 Å². The summed E-state index contributed by atoms with van der Waals surface area (Å²) in [6.45, 7) is 5.04. The van der Waals surface area contributed by atoms with Crippen molar-refractivity contribution in [1.82, 2.24) is 4.90 Å². The van der Waals surface area contributed by atoms with Crippen LogP contribution in [-0.2, 0) is 4.74 Å². The van der Waals surface area contributed by atoms with E-state index in [4.69, 9.17) is 10.5 Å². The number of hydrogen-bond donors (Lipinski definition) is 1. The minimum Gasteiger partial charge on any atom is -0.380 e. The molecule has 2 rings (SSSR count). The molecule has 1 saturated heterocycles. The van der Waals surface area contributed by atoms with Gasteiger partial charge in [0.05, 0.1) is 6.61 Å². The van der Waals surface area contributed by atoms with Crippen molar-refractivity contribution in [3.05, 3.63) is 0 Å². The molecule has 1 heterocycles. The van der Waals surface area contributed by atoms with Crippen LogP contribution in [0, 0.1) is 5.92 Å². The van der Waals surface area contributed by atoms with Crippen molar-refractivity contribution >= 4 is 0 Å². The summed E-state index contributed by atoms with van der Waals surface area (Å²) in [6, 6.07) is 0.770. The molecule has 2 fully saturated rings. The Morgan fingerprint density at radius 3 is 2.85 bits per heavy atom. The van der Waals surface area contributed by atoms with Gasteiger partial charge in [0.1, 0.15) is 0 Å². The first kappa shape index (κ1) is 9.44. The lowest BCUT2D eigenvalue weighted by atomic mass is 9.78. The number of nitrogens with zero attached hydrogens (tertiary/aromatic N) is 1. The highest BCUT2D eigenvalue weighted by Gasteiger charge is 2.34. The van der Waals surface area contributed by atoms with Gasteiger partial charge in [0.25, 0.3) is 0 Å². The molecule has 0 amide bonds. The van der Waals surface area contributed by atoms with Gasteiger partial charge in [-0.1, -0.05) is 0 Å². The Labute approximate surface area is 80.2 Å². The summed E-state index contributed by atoms with van der Waals surface area (Å²) in [4.78, 5) is 2.58. The lowest BCUT2D eigenvalue weighted by molar-refractivity contribution is 0.0612. The average molecular weight is 184 g/mol. The van der Waals surface area contributed by atoms with E-state index >= 15 is 0 Å². The van der Waals surface area contributed by atoms with Gasteiger partial charge >= 0.3 is 0 Å². The van der Waals surface area contributed by atoms with Gasteiger partial charge in [-0.15, -0.1) is 0 Å². The number of nitrogens with two attached hydrogens (primary N) is 1. The largest absolute Gasteiger partial charge is 0.380 e. The van der Waals surface area contributed by atoms with E-state index in [0.29, 0.717) is 0 Å². The molecule has 0 aromatic heterocycles. The summed E-state index contributed by atoms with van der Waals surface area (Å²) in [7, 11) is 0. The topological polar surface area (TPSA) is 38.5 Å². The highest BCUT2D eigenvalue weighted by atomic mass is 16.5. The summed E-state index contributed by atoms with van der Waals surface area (Å²) in [5.74, 6) is 0.762. The zero-order valence-electron chi connectivity index (χ0n) is 8.24. The molecule has 0 aromatic carbocycles. The van der Waals surface area contributed by atoms with Gasteiger partial charge in [0, 0.05) is 25.7 Å². The molecule has 3 nitrogen and oxygen atoms in total. The van der Waals surface area contributed by atoms with Crippen LogP contribution in [0.5, 0.6) is 0 Å². The SMILES string of the molecule is NCC1CCC1N1CCCOCC1. The van der Waals surface area contributed by atoms with Crippen molar-refractivity contribution in [1.29, 1.82) is 0 Å². The van der Waals surface area contributed by atoms with Crippen LogP contribution >= 0.6 is 0 Å². The second-order valence-corrected chi connectivity index (χ2v) is 4.14. The van der Waals surface area contributed by atoms with E-state index in [1.165, 1.54) is 25.8 Å². The van der Waals surface area contributed by atoms with E-state index in [0.717, 1.165) is 38.3 Å². The van der Waals surface area contributed by atoms with Crippen LogP contribution < -0.4 is 5.73 Å². The highest BCUT2D eigenvalue weighted by Crippen LogP contribution is 2.31. The quantitative estimate of drug-likeness (QED) is 0.677. The lowest BCUT2D eigenvalue weighted by Gasteiger charge is -2.43. The van der Waals surface area contributed by atoms with Gasteiger partial charge in [0.2, 0.25) is 0 Å². The first-order valence-electron chi connectivity index (χ1n) is 5.43. The third-order valence-electron chi connectivity index (χ3n) is 3.41. The smallest absolute Gasteiger partial charge is 0.0593 e. The maximum Gasteiger partial charge on any atom is 0.0593 e. The van der Waals surface area contributed by atoms with E-state index in [1.54, 1.807) is 0 Å². The first-order chi connectivity index (χ1) is 6.42. The Morgan fingerprint density at radius 1 is 1.23 bits per heavy atom. The molecule has 3 heteroatoms. The average Bonchev–Trinajstić information content (AvgIpc) is 2.32. The van der Waals surface area contributed by atoms with Crippen molar-refractivity contribution < 1.29 is 4.74 Å². The van der Waals surface area contributed by atoms with Gasteiger partial charge in [-0.25, -0.2) is 0 Å². The fourth-order valence-corrected chi connectivity index (χ4v) is 2.40. The monoisotopic (exact) mass is 184 g/mol. The van der Waals surface area contributed by atoms with Gasteiger partial charge in [-0.2, -0.15) is 0 Å². The van der Waals surface area contributed by atoms with Crippen LogP contribution in [0.1, 0.15) is 19.3 Å². The third kappa shape index (κ3) is 2.03. The van der Waals surface area contributed by atoms with Crippen molar-refractivity contribution in [3.63, 3.8) is 0 Å². The van der Waals surface area contributed by atoms with E-state index in [1.807, 2.05) is 0 Å². The third-order valence-corrected chi connectivity index (χ3v) is 3.41. The van der Waals surface area contributed by atoms with Gasteiger partial charge < -0.3 is 10.5 Å². The molecule has 1 saturated carbocycles. The molecule has 2 unspecified atom stereocenters. The number of ether oxygens (including phenoxy) is 1. The predicted molar refractivity (Wildman–Crippen MR) is 52.6 cm³/mol. The van der Waals surface area contributed by atoms with Crippen LogP contribution in [0.3, 0.4) is 0 Å². The van der Waals surface area contributed by atoms with Crippen LogP contribution in [0.4, 0.5) is 0 Å². The van der Waals surface area contributed by atoms with E-state index in [2.05, 4.69) is 4.90 Å².